The Hall–Kier alpha value is -4.47. The summed E-state index contributed by atoms with van der Waals surface area (Å²) in [5, 5.41) is 44.7. The van der Waals surface area contributed by atoms with Crippen molar-refractivity contribution in [1.82, 2.24) is 26.2 Å². The molecule has 1 unspecified atom stereocenters. The van der Waals surface area contributed by atoms with Crippen LogP contribution in [0.2, 0.25) is 0 Å². The van der Waals surface area contributed by atoms with Gasteiger partial charge in [-0.25, -0.2) is 19.2 Å². The molecule has 4 atom stereocenters. The van der Waals surface area contributed by atoms with Crippen LogP contribution in [0.25, 0.3) is 0 Å². The molecule has 0 spiro atoms. The molecule has 18 nitrogen and oxygen atoms in total. The van der Waals surface area contributed by atoms with Crippen LogP contribution in [0.1, 0.15) is 48.9 Å². The highest BCUT2D eigenvalue weighted by molar-refractivity contribution is 14.1. The van der Waals surface area contributed by atoms with E-state index in [1.165, 1.54) is 0 Å². The van der Waals surface area contributed by atoms with Crippen molar-refractivity contribution in [2.75, 3.05) is 18.8 Å². The first-order valence-electron chi connectivity index (χ1n) is 14.3. The summed E-state index contributed by atoms with van der Waals surface area (Å²) < 4.78 is 0.815. The van der Waals surface area contributed by atoms with Gasteiger partial charge in [-0.1, -0.05) is 6.07 Å². The number of hydrogen-bond acceptors (Lipinski definition) is 10. The minimum absolute atomic E-state index is 0.0344. The number of aliphatic carboxylic acids is 4. The van der Waals surface area contributed by atoms with Gasteiger partial charge in [0.15, 0.2) is 0 Å². The van der Waals surface area contributed by atoms with E-state index in [0.717, 1.165) is 20.2 Å². The van der Waals surface area contributed by atoms with Gasteiger partial charge >= 0.3 is 29.9 Å². The molecule has 1 aliphatic rings. The molecule has 262 valence electrons. The Labute approximate surface area is 290 Å². The maximum absolute atomic E-state index is 12.8. The van der Waals surface area contributed by atoms with Crippen LogP contribution < -0.4 is 21.3 Å². The van der Waals surface area contributed by atoms with E-state index in [1.807, 2.05) is 27.9 Å². The highest BCUT2D eigenvalue weighted by Crippen LogP contribution is 2.26. The van der Waals surface area contributed by atoms with Gasteiger partial charge in [0.1, 0.15) is 18.1 Å². The van der Waals surface area contributed by atoms with Crippen molar-refractivity contribution in [3.63, 3.8) is 0 Å². The number of halogens is 1. The first-order chi connectivity index (χ1) is 22.6. The van der Waals surface area contributed by atoms with Gasteiger partial charge in [-0.2, -0.15) is 0 Å². The van der Waals surface area contributed by atoms with Gasteiger partial charge in [-0.15, -0.1) is 11.8 Å². The van der Waals surface area contributed by atoms with Crippen LogP contribution in [0.15, 0.2) is 24.3 Å². The molecule has 1 aromatic rings. The number of imide groups is 1. The van der Waals surface area contributed by atoms with Crippen LogP contribution in [0.4, 0.5) is 4.79 Å². The molecular weight excluding hydrogens is 769 g/mol. The Morgan fingerprint density at radius 2 is 1.50 bits per heavy atom. The maximum Gasteiger partial charge on any atom is 0.327 e. The molecule has 1 aliphatic heterocycles. The Kier molecular flexibility index (Phi) is 16.0. The van der Waals surface area contributed by atoms with Crippen LogP contribution >= 0.6 is 34.4 Å². The van der Waals surface area contributed by atoms with Crippen LogP contribution in [0.3, 0.4) is 0 Å². The monoisotopic (exact) mass is 803 g/mol. The summed E-state index contributed by atoms with van der Waals surface area (Å²) in [6.45, 7) is -0.515. The number of nitrogens with zero attached hydrogens (tertiary/aromatic N) is 1. The molecule has 1 saturated heterocycles. The molecule has 2 rings (SSSR count). The van der Waals surface area contributed by atoms with Crippen molar-refractivity contribution in [1.29, 1.82) is 0 Å². The standard InChI is InChI=1S/C28H34IN5O13S/c29-15-5-3-4-14(10-15)23(39)30-12-20(35)31-16(25(41)42)6-1-2-9-34-21(36)11-19(24(34)40)48-13-18(27(45)46)33-28(47)32-17(26(43)44)7-8-22(37)38/h3-5,10,16-19H,1-2,6-9,11-13H2,(H,30,39)(H,31,35)(H,37,38)(H,41,42)(H,43,44)(H,45,46)(H2,32,33,47)/t16-,17-,18-,19?/m0/s1/i29-4. The summed E-state index contributed by atoms with van der Waals surface area (Å²) in [5.74, 6) is -8.37. The van der Waals surface area contributed by atoms with Crippen LogP contribution in [0, 0.1) is 3.57 Å². The predicted molar refractivity (Wildman–Crippen MR) is 174 cm³/mol. The number of carbonyl (C=O) groups is 9. The molecule has 20 heteroatoms. The lowest BCUT2D eigenvalue weighted by Crippen LogP contribution is -2.52. The minimum Gasteiger partial charge on any atom is -0.481 e. The smallest absolute Gasteiger partial charge is 0.327 e. The number of hydrogen-bond donors (Lipinski definition) is 8. The Morgan fingerprint density at radius 1 is 0.875 bits per heavy atom. The van der Waals surface area contributed by atoms with Crippen LogP contribution in [0.5, 0.6) is 0 Å². The third-order valence-corrected chi connectivity index (χ3v) is 8.74. The molecule has 1 fully saturated rings. The van der Waals surface area contributed by atoms with Gasteiger partial charge in [0.25, 0.3) is 5.91 Å². The van der Waals surface area contributed by atoms with E-state index in [-0.39, 0.29) is 38.0 Å². The fourth-order valence-electron chi connectivity index (χ4n) is 4.30. The van der Waals surface area contributed by atoms with Gasteiger partial charge in [0.05, 0.1) is 11.8 Å². The Bertz CT molecular complexity index is 1430. The molecular formula is C28H34IN5O13S. The van der Waals surface area contributed by atoms with Crippen LogP contribution in [-0.2, 0) is 33.6 Å². The third-order valence-electron chi connectivity index (χ3n) is 6.77. The fourth-order valence-corrected chi connectivity index (χ4v) is 6.03. The third kappa shape index (κ3) is 13.3. The maximum atomic E-state index is 12.8. The molecule has 0 radical (unpaired) electrons. The first-order valence-corrected chi connectivity index (χ1v) is 16.5. The average molecular weight is 804 g/mol. The lowest BCUT2D eigenvalue weighted by atomic mass is 10.1. The van der Waals surface area contributed by atoms with Crippen molar-refractivity contribution in [3.8, 4) is 0 Å². The molecule has 0 saturated carbocycles. The number of urea groups is 1. The van der Waals surface area contributed by atoms with Crippen molar-refractivity contribution in [2.24, 2.45) is 0 Å². The topological polar surface area (TPSA) is 286 Å². The zero-order valence-corrected chi connectivity index (χ0v) is 28.2. The molecule has 0 aliphatic carbocycles. The summed E-state index contributed by atoms with van der Waals surface area (Å²) in [6, 6.07) is 0.988. The fraction of sp³-hybridized carbons (Fsp3) is 0.464. The van der Waals surface area contributed by atoms with Gasteiger partial charge in [-0.3, -0.25) is 28.9 Å². The molecule has 6 amide bonds. The number of amides is 6. The summed E-state index contributed by atoms with van der Waals surface area (Å²) in [4.78, 5) is 108. The van der Waals surface area contributed by atoms with Gasteiger partial charge in [0.2, 0.25) is 17.7 Å². The lowest BCUT2D eigenvalue weighted by molar-refractivity contribution is -0.142. The highest BCUT2D eigenvalue weighted by Gasteiger charge is 2.39. The quantitative estimate of drug-likeness (QED) is 0.0477. The second-order valence-electron chi connectivity index (χ2n) is 10.4. The lowest BCUT2D eigenvalue weighted by Gasteiger charge is -2.19. The molecule has 0 aromatic heterocycles. The van der Waals surface area contributed by atoms with Gasteiger partial charge in [0, 0.05) is 34.3 Å². The van der Waals surface area contributed by atoms with E-state index in [1.54, 1.807) is 24.3 Å². The number of nitrogens with one attached hydrogen (secondary N) is 4. The molecule has 8 N–H and O–H groups in total. The molecule has 1 aromatic carbocycles. The number of carbonyl (C=O) groups excluding carboxylic acids is 5. The normalized spacial score (nSPS) is 15.9. The Morgan fingerprint density at radius 3 is 2.10 bits per heavy atom. The predicted octanol–water partition coefficient (Wildman–Crippen LogP) is -0.308. The number of rotatable bonds is 20. The van der Waals surface area contributed by atoms with Crippen molar-refractivity contribution in [2.45, 2.75) is 61.9 Å². The van der Waals surface area contributed by atoms with Crippen molar-refractivity contribution < 1.29 is 63.6 Å². The number of unbranched alkanes of at least 4 members (excludes halogenated alkanes) is 1. The summed E-state index contributed by atoms with van der Waals surface area (Å²) >= 11 is 2.82. The van der Waals surface area contributed by atoms with Crippen LogP contribution in [-0.4, -0.2) is 121 Å². The number of benzene rings is 1. The second kappa shape index (κ2) is 19.4. The van der Waals surface area contributed by atoms with E-state index >= 15 is 0 Å². The summed E-state index contributed by atoms with van der Waals surface area (Å²) in [7, 11) is 0. The first kappa shape index (κ1) is 39.7. The van der Waals surface area contributed by atoms with Gasteiger partial charge < -0.3 is 41.7 Å². The van der Waals surface area contributed by atoms with E-state index in [9.17, 15) is 53.4 Å². The van der Waals surface area contributed by atoms with E-state index in [2.05, 4.69) is 16.0 Å². The largest absolute Gasteiger partial charge is 0.481 e. The zero-order chi connectivity index (χ0) is 36.0. The van der Waals surface area contributed by atoms with Crippen molar-refractivity contribution >= 4 is 87.9 Å². The summed E-state index contributed by atoms with van der Waals surface area (Å²) in [6.07, 6.45) is -0.891. The summed E-state index contributed by atoms with van der Waals surface area (Å²) in [5.41, 5.74) is 0.333. The number of carboxylic acid groups (broad SMARTS) is 4. The number of carboxylic acids is 4. The average Bonchev–Trinajstić information content (AvgIpc) is 3.28. The zero-order valence-electron chi connectivity index (χ0n) is 25.2. The minimum atomic E-state index is -1.59. The number of likely N-dealkylation sites (tertiary alicyclic amines) is 1. The molecule has 1 heterocycles. The molecule has 0 bridgehead atoms. The Balaban J connectivity index is 1.80. The molecule has 48 heavy (non-hydrogen) atoms. The van der Waals surface area contributed by atoms with E-state index < -0.39 is 96.3 Å². The van der Waals surface area contributed by atoms with Gasteiger partial charge in [-0.05, 0) is 66.5 Å². The van der Waals surface area contributed by atoms with Crippen molar-refractivity contribution in [3.05, 3.63) is 33.4 Å². The highest BCUT2D eigenvalue weighted by atomic mass is 123. The number of thioether (sulfide) groups is 1. The SMILES string of the molecule is O=C(O)CC[C@H](NC(=O)N[C@@H](CSC1CC(=O)N(CCCC[C@H](NC(=O)CNC(=O)c2cccc([123I])c2)C(=O)O)C1=O)C(=O)O)C(=O)O. The van der Waals surface area contributed by atoms with E-state index in [0.29, 0.717) is 5.56 Å². The van der Waals surface area contributed by atoms with E-state index in [4.69, 9.17) is 10.2 Å². The second-order valence-corrected chi connectivity index (χ2v) is 12.9.